The van der Waals surface area contributed by atoms with Crippen LogP contribution in [0.25, 0.3) is 10.9 Å². The van der Waals surface area contributed by atoms with E-state index in [0.29, 0.717) is 4.77 Å². The van der Waals surface area contributed by atoms with Crippen molar-refractivity contribution in [3.8, 4) is 0 Å². The Kier molecular flexibility index (Phi) is 4.18. The van der Waals surface area contributed by atoms with Gasteiger partial charge < -0.3 is 10.3 Å². The molecule has 3 aromatic rings. The van der Waals surface area contributed by atoms with Crippen LogP contribution >= 0.6 is 23.8 Å². The Hall–Kier alpha value is -1.91. The Morgan fingerprint density at radius 1 is 1.10 bits per heavy atom. The summed E-state index contributed by atoms with van der Waals surface area (Å²) >= 11 is 11.3. The van der Waals surface area contributed by atoms with Gasteiger partial charge in [0.1, 0.15) is 5.82 Å². The fraction of sp³-hybridized carbons (Fsp3) is 0.125. The summed E-state index contributed by atoms with van der Waals surface area (Å²) < 4.78 is 0.481. The highest BCUT2D eigenvalue weighted by Gasteiger charge is 2.04. The van der Waals surface area contributed by atoms with Crippen molar-refractivity contribution in [3.05, 3.63) is 63.9 Å². The summed E-state index contributed by atoms with van der Waals surface area (Å²) in [7, 11) is 0. The first-order chi connectivity index (χ1) is 10.2. The van der Waals surface area contributed by atoms with Crippen molar-refractivity contribution in [2.45, 2.75) is 6.42 Å². The number of fused-ring (bicyclic) bond motifs is 1. The third kappa shape index (κ3) is 3.23. The summed E-state index contributed by atoms with van der Waals surface area (Å²) in [6.45, 7) is 0.750. The van der Waals surface area contributed by atoms with E-state index in [1.807, 2.05) is 48.5 Å². The van der Waals surface area contributed by atoms with Gasteiger partial charge in [0.25, 0.3) is 0 Å². The molecular formula is C16H14ClN3S. The number of hydrogen-bond acceptors (Lipinski definition) is 3. The predicted molar refractivity (Wildman–Crippen MR) is 90.6 cm³/mol. The third-order valence-corrected chi connectivity index (χ3v) is 3.84. The van der Waals surface area contributed by atoms with E-state index in [2.05, 4.69) is 15.3 Å². The largest absolute Gasteiger partial charge is 0.369 e. The summed E-state index contributed by atoms with van der Waals surface area (Å²) in [6.07, 6.45) is 0.834. The van der Waals surface area contributed by atoms with E-state index in [0.717, 1.165) is 40.3 Å². The van der Waals surface area contributed by atoms with Gasteiger partial charge >= 0.3 is 0 Å². The maximum absolute atomic E-state index is 6.16. The first kappa shape index (κ1) is 14.0. The Morgan fingerprint density at radius 2 is 1.86 bits per heavy atom. The van der Waals surface area contributed by atoms with Crippen molar-refractivity contribution >= 4 is 40.5 Å². The average molecular weight is 316 g/mol. The van der Waals surface area contributed by atoms with Crippen molar-refractivity contribution in [1.29, 1.82) is 0 Å². The normalized spacial score (nSPS) is 10.7. The number of benzene rings is 2. The summed E-state index contributed by atoms with van der Waals surface area (Å²) in [6, 6.07) is 15.8. The Bertz CT molecular complexity index is 829. The molecule has 5 heteroatoms. The van der Waals surface area contributed by atoms with Crippen LogP contribution in [0.5, 0.6) is 0 Å². The van der Waals surface area contributed by atoms with Crippen LogP contribution in [-0.4, -0.2) is 16.5 Å². The van der Waals surface area contributed by atoms with Gasteiger partial charge in [0.15, 0.2) is 4.77 Å². The van der Waals surface area contributed by atoms with E-state index < -0.39 is 0 Å². The maximum Gasteiger partial charge on any atom is 0.199 e. The number of rotatable bonds is 4. The highest BCUT2D eigenvalue weighted by atomic mass is 35.5. The summed E-state index contributed by atoms with van der Waals surface area (Å²) in [4.78, 5) is 7.46. The van der Waals surface area contributed by atoms with Crippen LogP contribution in [0.4, 0.5) is 5.82 Å². The van der Waals surface area contributed by atoms with Crippen molar-refractivity contribution < 1.29 is 0 Å². The van der Waals surface area contributed by atoms with E-state index in [-0.39, 0.29) is 0 Å². The minimum atomic E-state index is 0.481. The lowest BCUT2D eigenvalue weighted by Crippen LogP contribution is -2.07. The molecule has 0 atom stereocenters. The van der Waals surface area contributed by atoms with E-state index in [4.69, 9.17) is 23.8 Å². The highest BCUT2D eigenvalue weighted by Crippen LogP contribution is 2.20. The number of H-pyrrole nitrogens is 1. The molecular weight excluding hydrogens is 302 g/mol. The predicted octanol–water partition coefficient (Wildman–Crippen LogP) is 4.60. The molecule has 1 aromatic heterocycles. The molecule has 21 heavy (non-hydrogen) atoms. The van der Waals surface area contributed by atoms with Gasteiger partial charge in [0.2, 0.25) is 0 Å². The molecule has 0 amide bonds. The smallest absolute Gasteiger partial charge is 0.199 e. The number of nitrogens with one attached hydrogen (secondary N) is 2. The highest BCUT2D eigenvalue weighted by molar-refractivity contribution is 7.71. The van der Waals surface area contributed by atoms with Gasteiger partial charge in [0, 0.05) is 17.0 Å². The molecule has 0 aliphatic rings. The van der Waals surface area contributed by atoms with Gasteiger partial charge in [0.05, 0.1) is 5.52 Å². The number of anilines is 1. The number of para-hydroxylation sites is 1. The lowest BCUT2D eigenvalue weighted by molar-refractivity contribution is 1.00. The van der Waals surface area contributed by atoms with Crippen LogP contribution in [0, 0.1) is 4.77 Å². The number of halogens is 1. The average Bonchev–Trinajstić information content (AvgIpc) is 2.49. The van der Waals surface area contributed by atoms with Crippen molar-refractivity contribution in [3.63, 3.8) is 0 Å². The lowest BCUT2D eigenvalue weighted by Gasteiger charge is -2.09. The number of aromatic nitrogens is 2. The summed E-state index contributed by atoms with van der Waals surface area (Å²) in [5, 5.41) is 5.17. The lowest BCUT2D eigenvalue weighted by atomic mass is 10.1. The standard InChI is InChI=1S/C16H14ClN3S/c17-13-7-3-1-5-11(13)9-10-18-15-12-6-2-4-8-14(12)19-16(21)20-15/h1-8H,9-10H2,(H2,18,19,20,21). The minimum Gasteiger partial charge on any atom is -0.369 e. The Morgan fingerprint density at radius 3 is 2.71 bits per heavy atom. The number of nitrogens with zero attached hydrogens (tertiary/aromatic N) is 1. The molecule has 3 rings (SSSR count). The van der Waals surface area contributed by atoms with E-state index in [1.54, 1.807) is 0 Å². The van der Waals surface area contributed by atoms with Gasteiger partial charge in [-0.05, 0) is 42.4 Å². The van der Waals surface area contributed by atoms with E-state index in [9.17, 15) is 0 Å². The maximum atomic E-state index is 6.16. The molecule has 0 spiro atoms. The van der Waals surface area contributed by atoms with Crippen molar-refractivity contribution in [2.24, 2.45) is 0 Å². The molecule has 0 aliphatic heterocycles. The molecule has 0 unspecified atom stereocenters. The third-order valence-electron chi connectivity index (χ3n) is 3.28. The van der Waals surface area contributed by atoms with Gasteiger partial charge in [-0.1, -0.05) is 41.9 Å². The van der Waals surface area contributed by atoms with Crippen LogP contribution in [0.15, 0.2) is 48.5 Å². The molecule has 0 saturated heterocycles. The summed E-state index contributed by atoms with van der Waals surface area (Å²) in [5.74, 6) is 0.807. The molecule has 0 bridgehead atoms. The number of hydrogen-bond donors (Lipinski definition) is 2. The zero-order valence-corrected chi connectivity index (χ0v) is 12.8. The first-order valence-electron chi connectivity index (χ1n) is 6.70. The van der Waals surface area contributed by atoms with Gasteiger partial charge in [-0.2, -0.15) is 0 Å². The second-order valence-corrected chi connectivity index (χ2v) is 5.50. The minimum absolute atomic E-state index is 0.481. The molecule has 0 fully saturated rings. The van der Waals surface area contributed by atoms with Crippen LogP contribution in [0.2, 0.25) is 5.02 Å². The van der Waals surface area contributed by atoms with Gasteiger partial charge in [-0.3, -0.25) is 0 Å². The second-order valence-electron chi connectivity index (χ2n) is 4.70. The monoisotopic (exact) mass is 315 g/mol. The zero-order chi connectivity index (χ0) is 14.7. The van der Waals surface area contributed by atoms with E-state index in [1.165, 1.54) is 0 Å². The molecule has 2 N–H and O–H groups in total. The molecule has 1 heterocycles. The van der Waals surface area contributed by atoms with Gasteiger partial charge in [-0.25, -0.2) is 4.98 Å². The zero-order valence-electron chi connectivity index (χ0n) is 11.3. The molecule has 0 radical (unpaired) electrons. The quantitative estimate of drug-likeness (QED) is 0.691. The first-order valence-corrected chi connectivity index (χ1v) is 7.49. The van der Waals surface area contributed by atoms with Crippen LogP contribution in [0.3, 0.4) is 0 Å². The van der Waals surface area contributed by atoms with Crippen LogP contribution < -0.4 is 5.32 Å². The second kappa shape index (κ2) is 6.24. The molecule has 106 valence electrons. The fourth-order valence-electron chi connectivity index (χ4n) is 2.26. The van der Waals surface area contributed by atoms with Crippen molar-refractivity contribution in [2.75, 3.05) is 11.9 Å². The topological polar surface area (TPSA) is 40.7 Å². The Labute approximate surface area is 133 Å². The SMILES string of the molecule is S=c1nc(NCCc2ccccc2Cl)c2ccccc2[nH]1. The Balaban J connectivity index is 1.80. The van der Waals surface area contributed by atoms with E-state index >= 15 is 0 Å². The number of aromatic amines is 1. The van der Waals surface area contributed by atoms with Crippen LogP contribution in [0.1, 0.15) is 5.56 Å². The molecule has 0 aliphatic carbocycles. The fourth-order valence-corrected chi connectivity index (χ4v) is 2.69. The van der Waals surface area contributed by atoms with Crippen LogP contribution in [-0.2, 0) is 6.42 Å². The van der Waals surface area contributed by atoms with Crippen molar-refractivity contribution in [1.82, 2.24) is 9.97 Å². The molecule has 0 saturated carbocycles. The van der Waals surface area contributed by atoms with Gasteiger partial charge in [-0.15, -0.1) is 0 Å². The summed E-state index contributed by atoms with van der Waals surface area (Å²) in [5.41, 5.74) is 2.11. The molecule has 3 nitrogen and oxygen atoms in total. The molecule has 2 aromatic carbocycles.